The molecule has 2 aliphatic rings. The van der Waals surface area contributed by atoms with E-state index in [1.54, 1.807) is 0 Å². The number of hydrogen-bond donors (Lipinski definition) is 1. The number of nitrogens with zero attached hydrogens (tertiary/aromatic N) is 3. The molecule has 4 nitrogen and oxygen atoms in total. The number of pyridine rings is 1. The summed E-state index contributed by atoms with van der Waals surface area (Å²) in [4.78, 5) is 9.75. The van der Waals surface area contributed by atoms with Crippen molar-refractivity contribution >= 4 is 5.69 Å². The topological polar surface area (TPSA) is 31.4 Å². The van der Waals surface area contributed by atoms with E-state index in [4.69, 9.17) is 0 Å². The molecule has 116 valence electrons. The largest absolute Gasteiger partial charge is 0.370 e. The van der Waals surface area contributed by atoms with Crippen molar-refractivity contribution < 1.29 is 0 Å². The molecule has 0 aromatic carbocycles. The van der Waals surface area contributed by atoms with Crippen LogP contribution in [-0.2, 0) is 6.54 Å². The Balaban J connectivity index is 1.66. The van der Waals surface area contributed by atoms with E-state index in [1.165, 1.54) is 57.5 Å². The molecule has 3 rings (SSSR count). The second-order valence-electron chi connectivity index (χ2n) is 6.31. The van der Waals surface area contributed by atoms with E-state index in [0.717, 1.165) is 24.8 Å². The first-order valence-electron chi connectivity index (χ1n) is 8.51. The first-order valence-corrected chi connectivity index (χ1v) is 8.51. The summed E-state index contributed by atoms with van der Waals surface area (Å²) in [5.41, 5.74) is 2.51. The molecule has 0 bridgehead atoms. The van der Waals surface area contributed by atoms with Crippen molar-refractivity contribution in [3.63, 3.8) is 0 Å². The molecule has 0 amide bonds. The van der Waals surface area contributed by atoms with Crippen LogP contribution in [0, 0.1) is 0 Å². The van der Waals surface area contributed by atoms with Gasteiger partial charge in [0.25, 0.3) is 0 Å². The van der Waals surface area contributed by atoms with E-state index in [9.17, 15) is 0 Å². The molecule has 0 saturated carbocycles. The van der Waals surface area contributed by atoms with Gasteiger partial charge in [-0.25, -0.2) is 0 Å². The minimum Gasteiger partial charge on any atom is -0.370 e. The molecule has 4 heteroatoms. The van der Waals surface area contributed by atoms with Gasteiger partial charge in [-0.05, 0) is 50.9 Å². The Morgan fingerprint density at radius 3 is 3.10 bits per heavy atom. The van der Waals surface area contributed by atoms with Crippen LogP contribution in [0.1, 0.15) is 38.3 Å². The average molecular weight is 288 g/mol. The normalized spacial score (nSPS) is 23.1. The van der Waals surface area contributed by atoms with E-state index in [2.05, 4.69) is 39.2 Å². The fourth-order valence-electron chi connectivity index (χ4n) is 3.59. The van der Waals surface area contributed by atoms with Crippen LogP contribution in [0.2, 0.25) is 0 Å². The molecule has 1 aromatic heterocycles. The highest BCUT2D eigenvalue weighted by molar-refractivity contribution is 5.47. The number of aromatic nitrogens is 1. The molecule has 0 aliphatic carbocycles. The van der Waals surface area contributed by atoms with Gasteiger partial charge in [0.15, 0.2) is 0 Å². The average Bonchev–Trinajstić information content (AvgIpc) is 2.85. The van der Waals surface area contributed by atoms with E-state index >= 15 is 0 Å². The maximum absolute atomic E-state index is 4.50. The molecule has 2 fully saturated rings. The molecule has 1 atom stereocenters. The van der Waals surface area contributed by atoms with Crippen molar-refractivity contribution in [2.24, 2.45) is 0 Å². The van der Waals surface area contributed by atoms with Crippen LogP contribution in [0.5, 0.6) is 0 Å². The Morgan fingerprint density at radius 2 is 2.19 bits per heavy atom. The lowest BCUT2D eigenvalue weighted by Crippen LogP contribution is -2.36. The summed E-state index contributed by atoms with van der Waals surface area (Å²) in [6.45, 7) is 9.09. The van der Waals surface area contributed by atoms with Gasteiger partial charge >= 0.3 is 0 Å². The van der Waals surface area contributed by atoms with Gasteiger partial charge in [0.05, 0.1) is 5.69 Å². The molecular formula is C17H28N4. The molecular weight excluding hydrogens is 260 g/mol. The summed E-state index contributed by atoms with van der Waals surface area (Å²) >= 11 is 0. The maximum atomic E-state index is 4.50. The predicted molar refractivity (Wildman–Crippen MR) is 87.7 cm³/mol. The summed E-state index contributed by atoms with van der Waals surface area (Å²) in [7, 11) is 0. The Labute approximate surface area is 128 Å². The van der Waals surface area contributed by atoms with Crippen molar-refractivity contribution in [3.8, 4) is 0 Å². The van der Waals surface area contributed by atoms with Gasteiger partial charge in [-0.15, -0.1) is 0 Å². The van der Waals surface area contributed by atoms with Crippen molar-refractivity contribution in [1.29, 1.82) is 0 Å². The van der Waals surface area contributed by atoms with Crippen molar-refractivity contribution in [3.05, 3.63) is 24.0 Å². The third kappa shape index (κ3) is 3.74. The summed E-state index contributed by atoms with van der Waals surface area (Å²) in [5.74, 6) is 0. The number of fused-ring (bicyclic) bond motifs is 1. The number of rotatable bonds is 5. The standard InChI is InChI=1S/C17H28N4/c1-2-7-18-13-15-12-16(6-8-19-15)21-11-4-10-20-9-3-5-17(20)14-21/h6,8,12,17-18H,2-5,7,9-11,13-14H2,1H3. The van der Waals surface area contributed by atoms with Crippen molar-refractivity contribution in [1.82, 2.24) is 15.2 Å². The van der Waals surface area contributed by atoms with Crippen LogP contribution in [0.3, 0.4) is 0 Å². The highest BCUT2D eigenvalue weighted by atomic mass is 15.3. The highest BCUT2D eigenvalue weighted by Crippen LogP contribution is 2.25. The number of anilines is 1. The van der Waals surface area contributed by atoms with Crippen LogP contribution in [0.25, 0.3) is 0 Å². The second-order valence-corrected chi connectivity index (χ2v) is 6.31. The second kappa shape index (κ2) is 7.23. The van der Waals surface area contributed by atoms with Gasteiger partial charge in [0, 0.05) is 44.1 Å². The van der Waals surface area contributed by atoms with Crippen LogP contribution in [0.4, 0.5) is 5.69 Å². The third-order valence-electron chi connectivity index (χ3n) is 4.70. The molecule has 2 aliphatic heterocycles. The Bertz CT molecular complexity index is 448. The van der Waals surface area contributed by atoms with E-state index in [0.29, 0.717) is 0 Å². The lowest BCUT2D eigenvalue weighted by Gasteiger charge is -2.27. The third-order valence-corrected chi connectivity index (χ3v) is 4.70. The van der Waals surface area contributed by atoms with Crippen molar-refractivity contribution in [2.75, 3.05) is 37.6 Å². The predicted octanol–water partition coefficient (Wildman–Crippen LogP) is 2.26. The van der Waals surface area contributed by atoms with Gasteiger partial charge in [-0.1, -0.05) is 6.92 Å². The minimum absolute atomic E-state index is 0.766. The van der Waals surface area contributed by atoms with Crippen molar-refractivity contribution in [2.45, 2.75) is 45.2 Å². The smallest absolute Gasteiger partial charge is 0.0562 e. The zero-order valence-electron chi connectivity index (χ0n) is 13.2. The van der Waals surface area contributed by atoms with Crippen LogP contribution >= 0.6 is 0 Å². The molecule has 21 heavy (non-hydrogen) atoms. The van der Waals surface area contributed by atoms with Gasteiger partial charge in [-0.2, -0.15) is 0 Å². The van der Waals surface area contributed by atoms with Gasteiger partial charge in [0.1, 0.15) is 0 Å². The highest BCUT2D eigenvalue weighted by Gasteiger charge is 2.28. The van der Waals surface area contributed by atoms with E-state index in [1.807, 2.05) is 6.20 Å². The summed E-state index contributed by atoms with van der Waals surface area (Å²) in [5, 5.41) is 3.44. The SMILES string of the molecule is CCCNCc1cc(N2CCCN3CCCC3C2)ccn1. The quantitative estimate of drug-likeness (QED) is 0.842. The Kier molecular flexibility index (Phi) is 5.09. The minimum atomic E-state index is 0.766. The monoisotopic (exact) mass is 288 g/mol. The number of hydrogen-bond acceptors (Lipinski definition) is 4. The van der Waals surface area contributed by atoms with Gasteiger partial charge < -0.3 is 10.2 Å². The summed E-state index contributed by atoms with van der Waals surface area (Å²) in [6.07, 6.45) is 7.16. The Hall–Kier alpha value is -1.13. The maximum Gasteiger partial charge on any atom is 0.0562 e. The molecule has 0 radical (unpaired) electrons. The number of nitrogens with one attached hydrogen (secondary N) is 1. The molecule has 1 N–H and O–H groups in total. The molecule has 2 saturated heterocycles. The summed E-state index contributed by atoms with van der Waals surface area (Å²) in [6, 6.07) is 5.21. The van der Waals surface area contributed by atoms with Crippen LogP contribution < -0.4 is 10.2 Å². The first kappa shape index (κ1) is 14.8. The van der Waals surface area contributed by atoms with Crippen LogP contribution in [0.15, 0.2) is 18.3 Å². The fraction of sp³-hybridized carbons (Fsp3) is 0.706. The zero-order chi connectivity index (χ0) is 14.5. The molecule has 3 heterocycles. The summed E-state index contributed by atoms with van der Waals surface area (Å²) < 4.78 is 0. The zero-order valence-corrected chi connectivity index (χ0v) is 13.2. The first-order chi connectivity index (χ1) is 10.4. The molecule has 0 spiro atoms. The lowest BCUT2D eigenvalue weighted by molar-refractivity contribution is 0.273. The van der Waals surface area contributed by atoms with E-state index in [-0.39, 0.29) is 0 Å². The van der Waals surface area contributed by atoms with Gasteiger partial charge in [-0.3, -0.25) is 9.88 Å². The van der Waals surface area contributed by atoms with Crippen LogP contribution in [-0.4, -0.2) is 48.6 Å². The van der Waals surface area contributed by atoms with Gasteiger partial charge in [0.2, 0.25) is 0 Å². The molecule has 1 aromatic rings. The Morgan fingerprint density at radius 1 is 1.29 bits per heavy atom. The fourth-order valence-corrected chi connectivity index (χ4v) is 3.59. The lowest BCUT2D eigenvalue weighted by atomic mass is 10.2. The molecule has 1 unspecified atom stereocenters. The van der Waals surface area contributed by atoms with E-state index < -0.39 is 0 Å².